The van der Waals surface area contributed by atoms with E-state index in [0.29, 0.717) is 23.6 Å². The van der Waals surface area contributed by atoms with Crippen LogP contribution in [0.15, 0.2) is 90.0 Å². The van der Waals surface area contributed by atoms with Gasteiger partial charge >= 0.3 is 5.97 Å². The number of pyridine rings is 1. The first-order chi connectivity index (χ1) is 16.1. The number of amides is 1. The molecule has 0 saturated heterocycles. The van der Waals surface area contributed by atoms with E-state index in [2.05, 4.69) is 20.2 Å². The molecule has 164 valence electrons. The van der Waals surface area contributed by atoms with Gasteiger partial charge in [-0.05, 0) is 59.7 Å². The zero-order chi connectivity index (χ0) is 23.0. The van der Waals surface area contributed by atoms with Gasteiger partial charge in [0.15, 0.2) is 0 Å². The second-order valence-electron chi connectivity index (χ2n) is 7.13. The molecule has 0 aliphatic rings. The van der Waals surface area contributed by atoms with Gasteiger partial charge in [0, 0.05) is 5.39 Å². The Balaban J connectivity index is 1.29. The van der Waals surface area contributed by atoms with Gasteiger partial charge in [-0.3, -0.25) is 4.79 Å². The summed E-state index contributed by atoms with van der Waals surface area (Å²) < 4.78 is 10.5. The highest BCUT2D eigenvalue weighted by atomic mass is 16.5. The number of aromatic nitrogens is 1. The van der Waals surface area contributed by atoms with Crippen molar-refractivity contribution >= 4 is 29.0 Å². The topological polar surface area (TPSA) is 89.9 Å². The number of esters is 1. The summed E-state index contributed by atoms with van der Waals surface area (Å²) in [5.74, 6) is -0.0618. The highest BCUT2D eigenvalue weighted by Crippen LogP contribution is 2.15. The van der Waals surface area contributed by atoms with E-state index in [-0.39, 0.29) is 11.9 Å². The number of nitrogens with zero attached hydrogens (tertiary/aromatic N) is 2. The third-order valence-electron chi connectivity index (χ3n) is 4.87. The zero-order valence-corrected chi connectivity index (χ0v) is 17.9. The fourth-order valence-corrected chi connectivity index (χ4v) is 3.09. The van der Waals surface area contributed by atoms with E-state index in [1.54, 1.807) is 24.4 Å². The number of nitrogens with one attached hydrogen (secondary N) is 1. The molecule has 33 heavy (non-hydrogen) atoms. The van der Waals surface area contributed by atoms with E-state index in [4.69, 9.17) is 4.74 Å². The molecule has 1 amide bonds. The third-order valence-corrected chi connectivity index (χ3v) is 4.87. The van der Waals surface area contributed by atoms with Gasteiger partial charge in [-0.1, -0.05) is 36.4 Å². The van der Waals surface area contributed by atoms with Crippen molar-refractivity contribution in [3.8, 4) is 5.75 Å². The van der Waals surface area contributed by atoms with Crippen molar-refractivity contribution in [3.63, 3.8) is 0 Å². The Morgan fingerprint density at radius 2 is 1.70 bits per heavy atom. The molecule has 0 radical (unpaired) electrons. The maximum atomic E-state index is 12.3. The molecule has 0 fully saturated rings. The summed E-state index contributed by atoms with van der Waals surface area (Å²) in [7, 11) is 1.35. The van der Waals surface area contributed by atoms with Crippen LogP contribution in [0.2, 0.25) is 0 Å². The van der Waals surface area contributed by atoms with Gasteiger partial charge in [0.25, 0.3) is 5.91 Å². The van der Waals surface area contributed by atoms with Gasteiger partial charge in [-0.2, -0.15) is 5.10 Å². The molecule has 1 N–H and O–H groups in total. The molecular weight excluding hydrogens is 418 g/mol. The first-order valence-electron chi connectivity index (χ1n) is 10.2. The van der Waals surface area contributed by atoms with Crippen LogP contribution < -0.4 is 10.2 Å². The van der Waals surface area contributed by atoms with Crippen LogP contribution >= 0.6 is 0 Å². The smallest absolute Gasteiger partial charge is 0.337 e. The molecule has 4 rings (SSSR count). The van der Waals surface area contributed by atoms with Crippen molar-refractivity contribution in [2.75, 3.05) is 7.11 Å². The molecule has 0 bridgehead atoms. The molecule has 0 aliphatic carbocycles. The van der Waals surface area contributed by atoms with Gasteiger partial charge in [0.2, 0.25) is 0 Å². The monoisotopic (exact) mass is 439 g/mol. The Labute approximate surface area is 190 Å². The molecule has 0 aliphatic heterocycles. The number of para-hydroxylation sites is 1. The van der Waals surface area contributed by atoms with Crippen molar-refractivity contribution in [1.82, 2.24) is 10.4 Å². The lowest BCUT2D eigenvalue weighted by molar-refractivity contribution is 0.0600. The largest absolute Gasteiger partial charge is 0.489 e. The summed E-state index contributed by atoms with van der Waals surface area (Å²) in [6, 6.07) is 25.5. The number of hydrogen-bond donors (Lipinski definition) is 1. The maximum Gasteiger partial charge on any atom is 0.337 e. The second-order valence-corrected chi connectivity index (χ2v) is 7.13. The molecule has 4 aromatic rings. The number of ether oxygens (including phenoxy) is 2. The van der Waals surface area contributed by atoms with Gasteiger partial charge in [0.05, 0.1) is 24.4 Å². The third kappa shape index (κ3) is 5.59. The van der Waals surface area contributed by atoms with Gasteiger partial charge in [-0.15, -0.1) is 0 Å². The molecule has 0 spiro atoms. The average Bonchev–Trinajstić information content (AvgIpc) is 2.87. The summed E-state index contributed by atoms with van der Waals surface area (Å²) in [4.78, 5) is 28.1. The Morgan fingerprint density at radius 1 is 0.939 bits per heavy atom. The van der Waals surface area contributed by atoms with E-state index in [9.17, 15) is 9.59 Å². The van der Waals surface area contributed by atoms with Crippen LogP contribution in [0.25, 0.3) is 10.9 Å². The van der Waals surface area contributed by atoms with E-state index >= 15 is 0 Å². The number of hydrogen-bond acceptors (Lipinski definition) is 6. The van der Waals surface area contributed by atoms with Crippen molar-refractivity contribution in [2.45, 2.75) is 6.61 Å². The molecule has 1 aromatic heterocycles. The minimum absolute atomic E-state index is 0.300. The summed E-state index contributed by atoms with van der Waals surface area (Å²) >= 11 is 0. The van der Waals surface area contributed by atoms with Crippen molar-refractivity contribution < 1.29 is 19.1 Å². The predicted molar refractivity (Wildman–Crippen MR) is 125 cm³/mol. The number of benzene rings is 3. The van der Waals surface area contributed by atoms with Gasteiger partial charge < -0.3 is 9.47 Å². The van der Waals surface area contributed by atoms with E-state index in [0.717, 1.165) is 22.0 Å². The van der Waals surface area contributed by atoms with Crippen molar-refractivity contribution in [1.29, 1.82) is 0 Å². The number of rotatable bonds is 7. The Morgan fingerprint density at radius 3 is 2.45 bits per heavy atom. The lowest BCUT2D eigenvalue weighted by atomic mass is 10.1. The lowest BCUT2D eigenvalue weighted by Gasteiger charge is -2.07. The summed E-state index contributed by atoms with van der Waals surface area (Å²) in [6.07, 6.45) is 1.55. The summed E-state index contributed by atoms with van der Waals surface area (Å²) in [5, 5.41) is 4.98. The number of hydrazone groups is 1. The minimum atomic E-state index is -0.379. The van der Waals surface area contributed by atoms with Crippen molar-refractivity contribution in [2.24, 2.45) is 5.10 Å². The summed E-state index contributed by atoms with van der Waals surface area (Å²) in [5.41, 5.74) is 5.77. The van der Waals surface area contributed by atoms with Crippen LogP contribution in [-0.4, -0.2) is 30.2 Å². The number of methoxy groups -OCH3 is 1. The molecular formula is C26H21N3O4. The number of fused-ring (bicyclic) bond motifs is 1. The molecule has 1 heterocycles. The van der Waals surface area contributed by atoms with Crippen LogP contribution in [0, 0.1) is 0 Å². The van der Waals surface area contributed by atoms with Crippen LogP contribution in [0.3, 0.4) is 0 Å². The highest BCUT2D eigenvalue weighted by molar-refractivity contribution is 5.95. The zero-order valence-electron chi connectivity index (χ0n) is 17.9. The molecule has 3 aromatic carbocycles. The standard InChI is InChI=1S/C26H21N3O4/c1-32-26(31)21-10-6-19(7-11-21)17-33-22-13-8-18(9-14-22)16-27-29-25(30)24-15-12-20-4-2-3-5-23(20)28-24/h2-16H,17H2,1H3,(H,29,30)/b27-16-. The van der Waals surface area contributed by atoms with Gasteiger partial charge in [0.1, 0.15) is 18.1 Å². The first-order valence-corrected chi connectivity index (χ1v) is 10.2. The first kappa shape index (κ1) is 21.7. The fourth-order valence-electron chi connectivity index (χ4n) is 3.09. The SMILES string of the molecule is COC(=O)c1ccc(COc2ccc(/C=N\NC(=O)c3ccc4ccccc4n3)cc2)cc1. The quantitative estimate of drug-likeness (QED) is 0.262. The fraction of sp³-hybridized carbons (Fsp3) is 0.0769. The maximum absolute atomic E-state index is 12.3. The summed E-state index contributed by atoms with van der Waals surface area (Å²) in [6.45, 7) is 0.365. The van der Waals surface area contributed by atoms with Crippen molar-refractivity contribution in [3.05, 3.63) is 107 Å². The molecule has 0 unspecified atom stereocenters. The van der Waals surface area contributed by atoms with E-state index in [1.807, 2.05) is 66.7 Å². The number of carbonyl (C=O) groups excluding carboxylic acids is 2. The number of carbonyl (C=O) groups is 2. The van der Waals surface area contributed by atoms with Crippen LogP contribution in [-0.2, 0) is 11.3 Å². The van der Waals surface area contributed by atoms with Gasteiger partial charge in [-0.25, -0.2) is 15.2 Å². The minimum Gasteiger partial charge on any atom is -0.489 e. The Bertz CT molecular complexity index is 1300. The Hall–Kier alpha value is -4.52. The van der Waals surface area contributed by atoms with Crippen LogP contribution in [0.4, 0.5) is 0 Å². The molecule has 0 atom stereocenters. The Kier molecular flexibility index (Phi) is 6.70. The van der Waals surface area contributed by atoms with E-state index in [1.165, 1.54) is 7.11 Å². The van der Waals surface area contributed by atoms with Crippen LogP contribution in [0.1, 0.15) is 32.0 Å². The second kappa shape index (κ2) is 10.2. The molecule has 0 saturated carbocycles. The highest BCUT2D eigenvalue weighted by Gasteiger charge is 2.07. The van der Waals surface area contributed by atoms with E-state index < -0.39 is 0 Å². The molecule has 7 nitrogen and oxygen atoms in total. The predicted octanol–water partition coefficient (Wildman–Crippen LogP) is 4.36. The average molecular weight is 439 g/mol. The normalized spacial score (nSPS) is 10.8. The lowest BCUT2D eigenvalue weighted by Crippen LogP contribution is -2.18. The van der Waals surface area contributed by atoms with Crippen LogP contribution in [0.5, 0.6) is 5.75 Å². The molecule has 7 heteroatoms.